The zero-order valence-electron chi connectivity index (χ0n) is 13.3. The van der Waals surface area contributed by atoms with Gasteiger partial charge in [-0.15, -0.1) is 5.11 Å². The van der Waals surface area contributed by atoms with Gasteiger partial charge in [-0.25, -0.2) is 4.79 Å². The van der Waals surface area contributed by atoms with Crippen LogP contribution in [0.3, 0.4) is 0 Å². The molecule has 0 fully saturated rings. The van der Waals surface area contributed by atoms with Crippen molar-refractivity contribution in [3.63, 3.8) is 0 Å². The molecule has 0 amide bonds. The SMILES string of the molecule is CC(C)c1ccc2[nH]c(O)c(N=Nc3cccc(C(=O)O)c3)c2c1. The van der Waals surface area contributed by atoms with E-state index >= 15 is 0 Å². The lowest BCUT2D eigenvalue weighted by molar-refractivity contribution is 0.0697. The lowest BCUT2D eigenvalue weighted by Crippen LogP contribution is -1.94. The van der Waals surface area contributed by atoms with Gasteiger partial charge in [-0.05, 0) is 41.8 Å². The first-order valence-electron chi connectivity index (χ1n) is 7.55. The fourth-order valence-electron chi connectivity index (χ4n) is 2.45. The van der Waals surface area contributed by atoms with E-state index in [1.54, 1.807) is 12.1 Å². The molecule has 1 heterocycles. The van der Waals surface area contributed by atoms with E-state index in [4.69, 9.17) is 5.11 Å². The molecule has 0 bridgehead atoms. The molecule has 24 heavy (non-hydrogen) atoms. The fourth-order valence-corrected chi connectivity index (χ4v) is 2.45. The number of fused-ring (bicyclic) bond motifs is 1. The van der Waals surface area contributed by atoms with E-state index in [2.05, 4.69) is 29.1 Å². The van der Waals surface area contributed by atoms with Crippen LogP contribution in [0.15, 0.2) is 52.7 Å². The van der Waals surface area contributed by atoms with Crippen molar-refractivity contribution in [3.05, 3.63) is 53.6 Å². The third-order valence-electron chi connectivity index (χ3n) is 3.80. The number of aromatic hydroxyl groups is 1. The predicted molar refractivity (Wildman–Crippen MR) is 91.6 cm³/mol. The summed E-state index contributed by atoms with van der Waals surface area (Å²) in [4.78, 5) is 13.9. The molecule has 0 saturated heterocycles. The van der Waals surface area contributed by atoms with Crippen molar-refractivity contribution < 1.29 is 15.0 Å². The van der Waals surface area contributed by atoms with Crippen LogP contribution < -0.4 is 0 Å². The number of aromatic amines is 1. The van der Waals surface area contributed by atoms with Crippen LogP contribution >= 0.6 is 0 Å². The summed E-state index contributed by atoms with van der Waals surface area (Å²) in [6.07, 6.45) is 0. The van der Waals surface area contributed by atoms with Crippen molar-refractivity contribution in [3.8, 4) is 5.88 Å². The van der Waals surface area contributed by atoms with Gasteiger partial charge in [0, 0.05) is 5.39 Å². The molecule has 3 N–H and O–H groups in total. The van der Waals surface area contributed by atoms with Crippen molar-refractivity contribution in [1.82, 2.24) is 4.98 Å². The molecule has 0 spiro atoms. The van der Waals surface area contributed by atoms with E-state index in [1.807, 2.05) is 18.2 Å². The van der Waals surface area contributed by atoms with E-state index in [1.165, 1.54) is 12.1 Å². The van der Waals surface area contributed by atoms with E-state index in [-0.39, 0.29) is 11.4 Å². The molecule has 0 aliphatic heterocycles. The number of H-pyrrole nitrogens is 1. The Morgan fingerprint density at radius 2 is 1.92 bits per heavy atom. The topological polar surface area (TPSA) is 98.0 Å². The Labute approximate surface area is 138 Å². The highest BCUT2D eigenvalue weighted by Gasteiger charge is 2.12. The fraction of sp³-hybridized carbons (Fsp3) is 0.167. The van der Waals surface area contributed by atoms with Crippen LogP contribution in [-0.2, 0) is 0 Å². The van der Waals surface area contributed by atoms with Crippen LogP contribution in [0.5, 0.6) is 5.88 Å². The van der Waals surface area contributed by atoms with Gasteiger partial charge in [0.1, 0.15) is 0 Å². The second-order valence-corrected chi connectivity index (χ2v) is 5.84. The number of aromatic nitrogens is 1. The lowest BCUT2D eigenvalue weighted by Gasteiger charge is -2.04. The average Bonchev–Trinajstić information content (AvgIpc) is 2.87. The van der Waals surface area contributed by atoms with E-state index in [0.29, 0.717) is 17.3 Å². The maximum atomic E-state index is 11.0. The molecular formula is C18H17N3O3. The summed E-state index contributed by atoms with van der Waals surface area (Å²) in [6, 6.07) is 12.0. The average molecular weight is 323 g/mol. The number of aromatic carboxylic acids is 1. The third-order valence-corrected chi connectivity index (χ3v) is 3.80. The molecule has 2 aromatic carbocycles. The minimum Gasteiger partial charge on any atom is -0.493 e. The van der Waals surface area contributed by atoms with E-state index in [9.17, 15) is 9.90 Å². The Hall–Kier alpha value is -3.15. The molecule has 3 aromatic rings. The van der Waals surface area contributed by atoms with E-state index < -0.39 is 5.97 Å². The van der Waals surface area contributed by atoms with Gasteiger partial charge >= 0.3 is 5.97 Å². The minimum absolute atomic E-state index is 0.0657. The number of hydrogen-bond donors (Lipinski definition) is 3. The number of rotatable bonds is 4. The number of carboxylic acid groups (broad SMARTS) is 1. The van der Waals surface area contributed by atoms with Gasteiger partial charge in [0.05, 0.1) is 16.8 Å². The largest absolute Gasteiger partial charge is 0.493 e. The zero-order valence-corrected chi connectivity index (χ0v) is 13.3. The van der Waals surface area contributed by atoms with Crippen LogP contribution in [0.25, 0.3) is 10.9 Å². The summed E-state index contributed by atoms with van der Waals surface area (Å²) in [5.74, 6) is -0.740. The van der Waals surface area contributed by atoms with Crippen molar-refractivity contribution >= 4 is 28.2 Å². The van der Waals surface area contributed by atoms with Gasteiger partial charge in [0.15, 0.2) is 5.69 Å². The smallest absolute Gasteiger partial charge is 0.335 e. The summed E-state index contributed by atoms with van der Waals surface area (Å²) >= 11 is 0. The highest BCUT2D eigenvalue weighted by atomic mass is 16.4. The Morgan fingerprint density at radius 3 is 2.62 bits per heavy atom. The van der Waals surface area contributed by atoms with Crippen LogP contribution in [-0.4, -0.2) is 21.2 Å². The minimum atomic E-state index is -1.02. The number of benzene rings is 2. The molecule has 0 saturated carbocycles. The highest BCUT2D eigenvalue weighted by Crippen LogP contribution is 2.37. The second-order valence-electron chi connectivity index (χ2n) is 5.84. The number of azo groups is 1. The van der Waals surface area contributed by atoms with Gasteiger partial charge in [-0.2, -0.15) is 5.11 Å². The van der Waals surface area contributed by atoms with Gasteiger partial charge in [0.2, 0.25) is 5.88 Å². The summed E-state index contributed by atoms with van der Waals surface area (Å²) in [6.45, 7) is 4.18. The van der Waals surface area contributed by atoms with Gasteiger partial charge in [-0.1, -0.05) is 26.0 Å². The Morgan fingerprint density at radius 1 is 1.12 bits per heavy atom. The van der Waals surface area contributed by atoms with Crippen molar-refractivity contribution in [2.45, 2.75) is 19.8 Å². The summed E-state index contributed by atoms with van der Waals surface area (Å²) in [5, 5.41) is 28.0. The second kappa shape index (κ2) is 6.16. The summed E-state index contributed by atoms with van der Waals surface area (Å²) in [5.41, 5.74) is 2.78. The number of nitrogens with zero attached hydrogens (tertiary/aromatic N) is 2. The molecular weight excluding hydrogens is 306 g/mol. The zero-order chi connectivity index (χ0) is 17.3. The number of carbonyl (C=O) groups is 1. The van der Waals surface area contributed by atoms with Crippen LogP contribution in [0.1, 0.15) is 35.7 Å². The summed E-state index contributed by atoms with van der Waals surface area (Å²) < 4.78 is 0. The molecule has 6 nitrogen and oxygen atoms in total. The van der Waals surface area contributed by atoms with E-state index in [0.717, 1.165) is 16.5 Å². The molecule has 0 aliphatic rings. The lowest BCUT2D eigenvalue weighted by atomic mass is 10.0. The monoisotopic (exact) mass is 323 g/mol. The first kappa shape index (κ1) is 15.7. The first-order chi connectivity index (χ1) is 11.5. The molecule has 0 unspecified atom stereocenters. The Kier molecular flexibility index (Phi) is 4.04. The number of nitrogens with one attached hydrogen (secondary N) is 1. The Balaban J connectivity index is 2.03. The van der Waals surface area contributed by atoms with Crippen molar-refractivity contribution in [1.29, 1.82) is 0 Å². The normalized spacial score (nSPS) is 11.6. The quantitative estimate of drug-likeness (QED) is 0.582. The van der Waals surface area contributed by atoms with Crippen LogP contribution in [0, 0.1) is 0 Å². The third kappa shape index (κ3) is 2.99. The molecule has 122 valence electrons. The predicted octanol–water partition coefficient (Wildman–Crippen LogP) is 5.11. The first-order valence-corrected chi connectivity index (χ1v) is 7.55. The van der Waals surface area contributed by atoms with Gasteiger partial charge in [-0.3, -0.25) is 0 Å². The van der Waals surface area contributed by atoms with Crippen LogP contribution in [0.4, 0.5) is 11.4 Å². The van der Waals surface area contributed by atoms with Crippen LogP contribution in [0.2, 0.25) is 0 Å². The molecule has 1 aromatic heterocycles. The highest BCUT2D eigenvalue weighted by molar-refractivity contribution is 5.94. The number of carboxylic acids is 1. The molecule has 0 radical (unpaired) electrons. The Bertz CT molecular complexity index is 942. The van der Waals surface area contributed by atoms with Gasteiger partial charge in [0.25, 0.3) is 0 Å². The molecule has 6 heteroatoms. The summed E-state index contributed by atoms with van der Waals surface area (Å²) in [7, 11) is 0. The van der Waals surface area contributed by atoms with Crippen molar-refractivity contribution in [2.24, 2.45) is 10.2 Å². The molecule has 0 atom stereocenters. The molecule has 0 aliphatic carbocycles. The molecule has 3 rings (SSSR count). The number of hydrogen-bond acceptors (Lipinski definition) is 4. The standard InChI is InChI=1S/C18H17N3O3/c1-10(2)11-6-7-15-14(9-11)16(17(22)19-15)21-20-13-5-3-4-12(8-13)18(23)24/h3-10,19,22H,1-2H3,(H,23,24). The maximum Gasteiger partial charge on any atom is 0.335 e. The maximum absolute atomic E-state index is 11.0. The van der Waals surface area contributed by atoms with Gasteiger partial charge < -0.3 is 15.2 Å². The van der Waals surface area contributed by atoms with Crippen molar-refractivity contribution in [2.75, 3.05) is 0 Å².